The number of fused-ring (bicyclic) bond motifs is 1. The van der Waals surface area contributed by atoms with Gasteiger partial charge in [-0.25, -0.2) is 0 Å². The molecule has 1 saturated heterocycles. The van der Waals surface area contributed by atoms with Crippen LogP contribution in [0.2, 0.25) is 5.02 Å². The van der Waals surface area contributed by atoms with Crippen molar-refractivity contribution in [3.63, 3.8) is 0 Å². The smallest absolute Gasteiger partial charge is 0.293 e. The lowest BCUT2D eigenvalue weighted by Gasteiger charge is -2.15. The van der Waals surface area contributed by atoms with Gasteiger partial charge in [0.15, 0.2) is 0 Å². The summed E-state index contributed by atoms with van der Waals surface area (Å²) in [6.45, 7) is 2.41. The maximum absolute atomic E-state index is 12.6. The van der Waals surface area contributed by atoms with Crippen molar-refractivity contribution in [2.24, 2.45) is 11.8 Å². The predicted octanol–water partition coefficient (Wildman–Crippen LogP) is 4.56. The number of anilines is 2. The van der Waals surface area contributed by atoms with Crippen molar-refractivity contribution in [2.45, 2.75) is 26.2 Å². The Hall–Kier alpha value is -3.72. The minimum Gasteiger partial charge on any atom is -0.379 e. The van der Waals surface area contributed by atoms with Gasteiger partial charge in [-0.3, -0.25) is 29.4 Å². The van der Waals surface area contributed by atoms with Crippen LogP contribution in [0.25, 0.3) is 0 Å². The number of nitrogens with zero attached hydrogens (tertiary/aromatic N) is 2. The molecule has 2 aliphatic rings. The standard InChI is InChI=1S/C25H25ClN4O5/c1-15-7-9-17(14-20(15)26)28-23(31)16-8-10-21(22(13-16)30(34)35)27-11-4-12-29-24(32)18-5-2-3-6-19(18)25(29)33/h2-3,7-10,13-14,18-19,27H,4-6,11-12H2,1H3,(H,28,31)/t18-,19+. The molecule has 0 aromatic heterocycles. The van der Waals surface area contributed by atoms with Crippen LogP contribution in [0.15, 0.2) is 48.6 Å². The lowest BCUT2D eigenvalue weighted by Crippen LogP contribution is -2.33. The molecule has 3 amide bonds. The predicted molar refractivity (Wildman–Crippen MR) is 132 cm³/mol. The van der Waals surface area contributed by atoms with E-state index in [4.69, 9.17) is 11.6 Å². The summed E-state index contributed by atoms with van der Waals surface area (Å²) in [5, 5.41) is 17.8. The number of carbonyl (C=O) groups excluding carboxylic acids is 3. The summed E-state index contributed by atoms with van der Waals surface area (Å²) in [4.78, 5) is 50.1. The second-order valence-corrected chi connectivity index (χ2v) is 9.08. The largest absolute Gasteiger partial charge is 0.379 e. The number of aryl methyl sites for hydroxylation is 1. The van der Waals surface area contributed by atoms with Crippen molar-refractivity contribution in [3.8, 4) is 0 Å². The van der Waals surface area contributed by atoms with Crippen LogP contribution in [0.3, 0.4) is 0 Å². The third-order valence-corrected chi connectivity index (χ3v) is 6.77. The lowest BCUT2D eigenvalue weighted by atomic mass is 9.85. The van der Waals surface area contributed by atoms with Crippen molar-refractivity contribution in [2.75, 3.05) is 23.7 Å². The highest BCUT2D eigenvalue weighted by Gasteiger charge is 2.46. The monoisotopic (exact) mass is 496 g/mol. The van der Waals surface area contributed by atoms with Gasteiger partial charge in [-0.1, -0.05) is 29.8 Å². The Morgan fingerprint density at radius 1 is 1.11 bits per heavy atom. The van der Waals surface area contributed by atoms with Gasteiger partial charge in [0.05, 0.1) is 16.8 Å². The van der Waals surface area contributed by atoms with Gasteiger partial charge in [0.2, 0.25) is 11.8 Å². The number of hydrogen-bond acceptors (Lipinski definition) is 6. The number of rotatable bonds is 8. The van der Waals surface area contributed by atoms with Crippen LogP contribution in [-0.2, 0) is 9.59 Å². The summed E-state index contributed by atoms with van der Waals surface area (Å²) in [5.41, 5.74) is 1.48. The molecule has 0 radical (unpaired) electrons. The molecule has 2 atom stereocenters. The molecule has 4 rings (SSSR count). The van der Waals surface area contributed by atoms with E-state index in [-0.39, 0.29) is 47.1 Å². The van der Waals surface area contributed by atoms with E-state index in [9.17, 15) is 24.5 Å². The normalized spacial score (nSPS) is 19.0. The Morgan fingerprint density at radius 2 is 1.80 bits per heavy atom. The number of halogens is 1. The zero-order valence-electron chi connectivity index (χ0n) is 19.1. The minimum atomic E-state index is -0.562. The average molecular weight is 497 g/mol. The maximum Gasteiger partial charge on any atom is 0.293 e. The fourth-order valence-corrected chi connectivity index (χ4v) is 4.58. The van der Waals surface area contributed by atoms with Gasteiger partial charge in [-0.05, 0) is 56.0 Å². The molecule has 9 nitrogen and oxygen atoms in total. The number of imide groups is 1. The highest BCUT2D eigenvalue weighted by molar-refractivity contribution is 6.31. The third kappa shape index (κ3) is 5.19. The molecule has 0 saturated carbocycles. The fraction of sp³-hybridized carbons (Fsp3) is 0.320. The number of nitro groups is 1. The molecule has 35 heavy (non-hydrogen) atoms. The molecule has 2 N–H and O–H groups in total. The van der Waals surface area contributed by atoms with Gasteiger partial charge in [-0.15, -0.1) is 0 Å². The number of likely N-dealkylation sites (tertiary alicyclic amines) is 1. The van der Waals surface area contributed by atoms with Gasteiger partial charge >= 0.3 is 0 Å². The van der Waals surface area contributed by atoms with Crippen molar-refractivity contribution >= 4 is 46.4 Å². The molecule has 2 aromatic rings. The average Bonchev–Trinajstić information content (AvgIpc) is 3.09. The second kappa shape index (κ2) is 10.3. The quantitative estimate of drug-likeness (QED) is 0.181. The molecule has 1 fully saturated rings. The first-order valence-corrected chi connectivity index (χ1v) is 11.7. The van der Waals surface area contributed by atoms with Gasteiger partial charge in [0.25, 0.3) is 11.6 Å². The van der Waals surface area contributed by atoms with E-state index in [2.05, 4.69) is 10.6 Å². The first kappa shape index (κ1) is 24.4. The maximum atomic E-state index is 12.6. The summed E-state index contributed by atoms with van der Waals surface area (Å²) in [5.74, 6) is -1.31. The SMILES string of the molecule is Cc1ccc(NC(=O)c2ccc(NCCCN3C(=O)[C@H]4CC=CC[C@H]4C3=O)c([N+](=O)[O-])c2)cc1Cl. The van der Waals surface area contributed by atoms with Gasteiger partial charge in [0.1, 0.15) is 5.69 Å². The number of carbonyl (C=O) groups is 3. The van der Waals surface area contributed by atoms with Gasteiger partial charge in [0, 0.05) is 35.4 Å². The molecule has 1 aliphatic carbocycles. The Balaban J connectivity index is 1.36. The van der Waals surface area contributed by atoms with Crippen molar-refractivity contribution in [3.05, 3.63) is 74.8 Å². The van der Waals surface area contributed by atoms with Crippen molar-refractivity contribution in [1.82, 2.24) is 4.90 Å². The van der Waals surface area contributed by atoms with Crippen LogP contribution in [-0.4, -0.2) is 40.6 Å². The number of allylic oxidation sites excluding steroid dienone is 2. The van der Waals surface area contributed by atoms with E-state index in [1.807, 2.05) is 19.1 Å². The highest BCUT2D eigenvalue weighted by atomic mass is 35.5. The molecule has 182 valence electrons. The van der Waals surface area contributed by atoms with Crippen LogP contribution in [0.1, 0.15) is 35.2 Å². The first-order chi connectivity index (χ1) is 16.8. The topological polar surface area (TPSA) is 122 Å². The number of hydrogen-bond donors (Lipinski definition) is 2. The molecule has 0 spiro atoms. The molecule has 1 heterocycles. The number of benzene rings is 2. The zero-order valence-corrected chi connectivity index (χ0v) is 19.9. The summed E-state index contributed by atoms with van der Waals surface area (Å²) in [6.07, 6.45) is 5.50. The Morgan fingerprint density at radius 3 is 2.43 bits per heavy atom. The van der Waals surface area contributed by atoms with Gasteiger partial charge < -0.3 is 10.6 Å². The van der Waals surface area contributed by atoms with Crippen LogP contribution in [0, 0.1) is 28.9 Å². The van der Waals surface area contributed by atoms with E-state index in [1.54, 1.807) is 18.2 Å². The number of nitrogens with one attached hydrogen (secondary N) is 2. The van der Waals surface area contributed by atoms with E-state index in [0.717, 1.165) is 5.56 Å². The Labute approximate surface area is 207 Å². The Bertz CT molecular complexity index is 1200. The van der Waals surface area contributed by atoms with E-state index < -0.39 is 10.8 Å². The third-order valence-electron chi connectivity index (χ3n) is 6.36. The van der Waals surface area contributed by atoms with Crippen LogP contribution in [0.4, 0.5) is 17.1 Å². The second-order valence-electron chi connectivity index (χ2n) is 8.67. The molecule has 0 unspecified atom stereocenters. The zero-order chi connectivity index (χ0) is 25.1. The molecule has 10 heteroatoms. The molecular formula is C25H25ClN4O5. The lowest BCUT2D eigenvalue weighted by molar-refractivity contribution is -0.384. The molecule has 2 aromatic carbocycles. The number of nitro benzene ring substituents is 1. The Kier molecular flexibility index (Phi) is 7.16. The van der Waals surface area contributed by atoms with Crippen LogP contribution < -0.4 is 10.6 Å². The summed E-state index contributed by atoms with van der Waals surface area (Å²) < 4.78 is 0. The summed E-state index contributed by atoms with van der Waals surface area (Å²) in [7, 11) is 0. The molecule has 0 bridgehead atoms. The minimum absolute atomic E-state index is 0.128. The van der Waals surface area contributed by atoms with E-state index in [1.165, 1.54) is 23.1 Å². The van der Waals surface area contributed by atoms with Crippen molar-refractivity contribution in [1.29, 1.82) is 0 Å². The highest BCUT2D eigenvalue weighted by Crippen LogP contribution is 2.35. The molecular weight excluding hydrogens is 472 g/mol. The first-order valence-electron chi connectivity index (χ1n) is 11.4. The summed E-state index contributed by atoms with van der Waals surface area (Å²) in [6, 6.07) is 9.25. The summed E-state index contributed by atoms with van der Waals surface area (Å²) >= 11 is 6.09. The van der Waals surface area contributed by atoms with E-state index in [0.29, 0.717) is 36.5 Å². The van der Waals surface area contributed by atoms with Crippen LogP contribution >= 0.6 is 11.6 Å². The fourth-order valence-electron chi connectivity index (χ4n) is 4.40. The van der Waals surface area contributed by atoms with Crippen molar-refractivity contribution < 1.29 is 19.3 Å². The number of amides is 3. The van der Waals surface area contributed by atoms with Crippen LogP contribution in [0.5, 0.6) is 0 Å². The van der Waals surface area contributed by atoms with Gasteiger partial charge in [-0.2, -0.15) is 0 Å². The molecule has 1 aliphatic heterocycles. The van der Waals surface area contributed by atoms with E-state index >= 15 is 0 Å².